The van der Waals surface area contributed by atoms with Crippen molar-refractivity contribution in [3.63, 3.8) is 0 Å². The number of hydrogen-bond donors (Lipinski definition) is 1. The summed E-state index contributed by atoms with van der Waals surface area (Å²) < 4.78 is 12.8. The molecule has 0 spiro atoms. The van der Waals surface area contributed by atoms with Crippen LogP contribution in [0.3, 0.4) is 0 Å². The lowest BCUT2D eigenvalue weighted by Crippen LogP contribution is -2.13. The van der Waals surface area contributed by atoms with E-state index in [1.54, 1.807) is 7.11 Å². The molecule has 0 amide bonds. The molecule has 5 nitrogen and oxygen atoms in total. The summed E-state index contributed by atoms with van der Waals surface area (Å²) in [6.07, 6.45) is 1.90. The second-order valence-electron chi connectivity index (χ2n) is 4.90. The highest BCUT2D eigenvalue weighted by Gasteiger charge is 2.06. The summed E-state index contributed by atoms with van der Waals surface area (Å²) in [6, 6.07) is 6.01. The molecule has 0 unspecified atom stereocenters. The van der Waals surface area contributed by atoms with E-state index in [1.165, 1.54) is 16.8 Å². The number of ether oxygens (including phenoxy) is 2. The third-order valence-electron chi connectivity index (χ3n) is 3.51. The Morgan fingerprint density at radius 3 is 2.67 bits per heavy atom. The number of aryl methyl sites for hydroxylation is 1. The molecular weight excluding hydrogens is 266 g/mol. The molecule has 2 aromatic rings. The highest BCUT2D eigenvalue weighted by Crippen LogP contribution is 2.28. The van der Waals surface area contributed by atoms with Gasteiger partial charge in [-0.05, 0) is 31.5 Å². The van der Waals surface area contributed by atoms with Gasteiger partial charge in [0.25, 0.3) is 0 Å². The molecule has 0 aliphatic heterocycles. The van der Waals surface area contributed by atoms with Crippen LogP contribution < -0.4 is 14.8 Å². The number of nitrogens with zero attached hydrogens (tertiary/aromatic N) is 2. The first-order chi connectivity index (χ1) is 10.2. The van der Waals surface area contributed by atoms with Crippen molar-refractivity contribution in [1.29, 1.82) is 0 Å². The Balaban J connectivity index is 1.96. The number of aromatic nitrogens is 2. The molecule has 0 aliphatic carbocycles. The average molecular weight is 289 g/mol. The van der Waals surface area contributed by atoms with Crippen molar-refractivity contribution in [3.05, 3.63) is 41.2 Å². The Hall–Kier alpha value is -2.01. The molecule has 0 fully saturated rings. The minimum absolute atomic E-state index is 0.627. The molecule has 2 rings (SSSR count). The molecule has 1 heterocycles. The van der Waals surface area contributed by atoms with E-state index in [1.807, 2.05) is 43.0 Å². The van der Waals surface area contributed by atoms with E-state index in [4.69, 9.17) is 9.47 Å². The van der Waals surface area contributed by atoms with Crippen LogP contribution in [0.2, 0.25) is 0 Å². The van der Waals surface area contributed by atoms with Crippen molar-refractivity contribution >= 4 is 0 Å². The van der Waals surface area contributed by atoms with Gasteiger partial charge in [0.1, 0.15) is 0 Å². The molecule has 0 saturated carbocycles. The normalized spacial score (nSPS) is 10.7. The fourth-order valence-corrected chi connectivity index (χ4v) is 2.16. The standard InChI is InChI=1S/C16H23N3O2/c1-5-21-16-8-13(6-7-15(16)20-4)9-17-10-14-11-18-19(3)12(14)2/h6-8,11,17H,5,9-10H2,1-4H3. The van der Waals surface area contributed by atoms with Gasteiger partial charge in [-0.2, -0.15) is 5.10 Å². The predicted octanol–water partition coefficient (Wildman–Crippen LogP) is 2.43. The molecule has 0 aliphatic rings. The fraction of sp³-hybridized carbons (Fsp3) is 0.438. The van der Waals surface area contributed by atoms with Crippen LogP contribution in [-0.2, 0) is 20.1 Å². The number of benzene rings is 1. The smallest absolute Gasteiger partial charge is 0.161 e. The molecule has 1 aromatic carbocycles. The third kappa shape index (κ3) is 3.76. The maximum Gasteiger partial charge on any atom is 0.161 e. The molecule has 1 aromatic heterocycles. The number of nitrogens with one attached hydrogen (secondary N) is 1. The first-order valence-corrected chi connectivity index (χ1v) is 7.13. The summed E-state index contributed by atoms with van der Waals surface area (Å²) >= 11 is 0. The Morgan fingerprint density at radius 1 is 1.24 bits per heavy atom. The lowest BCUT2D eigenvalue weighted by molar-refractivity contribution is 0.310. The summed E-state index contributed by atoms with van der Waals surface area (Å²) in [5.74, 6) is 1.56. The van der Waals surface area contributed by atoms with Crippen molar-refractivity contribution in [2.45, 2.75) is 26.9 Å². The van der Waals surface area contributed by atoms with Crippen LogP contribution in [0.5, 0.6) is 11.5 Å². The van der Waals surface area contributed by atoms with Crippen molar-refractivity contribution in [2.75, 3.05) is 13.7 Å². The van der Waals surface area contributed by atoms with Crippen LogP contribution >= 0.6 is 0 Å². The van der Waals surface area contributed by atoms with Gasteiger partial charge in [-0.25, -0.2) is 0 Å². The largest absolute Gasteiger partial charge is 0.493 e. The zero-order valence-electron chi connectivity index (χ0n) is 13.1. The highest BCUT2D eigenvalue weighted by molar-refractivity contribution is 5.42. The van der Waals surface area contributed by atoms with Crippen LogP contribution in [-0.4, -0.2) is 23.5 Å². The maximum atomic E-state index is 5.59. The first-order valence-electron chi connectivity index (χ1n) is 7.13. The zero-order chi connectivity index (χ0) is 15.2. The molecule has 5 heteroatoms. The summed E-state index contributed by atoms with van der Waals surface area (Å²) in [7, 11) is 3.61. The quantitative estimate of drug-likeness (QED) is 0.850. The Morgan fingerprint density at radius 2 is 2.05 bits per heavy atom. The summed E-state index contributed by atoms with van der Waals surface area (Å²) in [4.78, 5) is 0. The average Bonchev–Trinajstić information content (AvgIpc) is 2.80. The fourth-order valence-electron chi connectivity index (χ4n) is 2.16. The van der Waals surface area contributed by atoms with Gasteiger partial charge in [0, 0.05) is 31.4 Å². The van der Waals surface area contributed by atoms with Gasteiger partial charge in [0.05, 0.1) is 19.9 Å². The molecule has 1 N–H and O–H groups in total. The Bertz CT molecular complexity index is 593. The van der Waals surface area contributed by atoms with Crippen molar-refractivity contribution in [2.24, 2.45) is 7.05 Å². The van der Waals surface area contributed by atoms with Gasteiger partial charge < -0.3 is 14.8 Å². The highest BCUT2D eigenvalue weighted by atomic mass is 16.5. The van der Waals surface area contributed by atoms with Crippen molar-refractivity contribution in [1.82, 2.24) is 15.1 Å². The SMILES string of the molecule is CCOc1cc(CNCc2cnn(C)c2C)ccc1OC. The molecule has 0 bridgehead atoms. The maximum absolute atomic E-state index is 5.59. The predicted molar refractivity (Wildman–Crippen MR) is 82.7 cm³/mol. The van der Waals surface area contributed by atoms with Gasteiger partial charge in [-0.15, -0.1) is 0 Å². The van der Waals surface area contributed by atoms with Gasteiger partial charge in [-0.3, -0.25) is 4.68 Å². The van der Waals surface area contributed by atoms with Crippen LogP contribution in [0.25, 0.3) is 0 Å². The molecule has 0 atom stereocenters. The number of methoxy groups -OCH3 is 1. The second-order valence-corrected chi connectivity index (χ2v) is 4.90. The molecule has 114 valence electrons. The van der Waals surface area contributed by atoms with Gasteiger partial charge in [0.2, 0.25) is 0 Å². The number of hydrogen-bond acceptors (Lipinski definition) is 4. The van der Waals surface area contributed by atoms with E-state index < -0.39 is 0 Å². The van der Waals surface area contributed by atoms with E-state index in [2.05, 4.69) is 17.3 Å². The molecule has 0 saturated heterocycles. The lowest BCUT2D eigenvalue weighted by Gasteiger charge is -2.11. The van der Waals surface area contributed by atoms with Gasteiger partial charge in [0.15, 0.2) is 11.5 Å². The van der Waals surface area contributed by atoms with E-state index in [-0.39, 0.29) is 0 Å². The molecular formula is C16H23N3O2. The summed E-state index contributed by atoms with van der Waals surface area (Å²) in [5.41, 5.74) is 3.57. The summed E-state index contributed by atoms with van der Waals surface area (Å²) in [6.45, 7) is 6.25. The van der Waals surface area contributed by atoms with E-state index in [0.29, 0.717) is 6.61 Å². The van der Waals surface area contributed by atoms with Crippen LogP contribution in [0.15, 0.2) is 24.4 Å². The second kappa shape index (κ2) is 7.13. The topological polar surface area (TPSA) is 48.3 Å². The van der Waals surface area contributed by atoms with Crippen LogP contribution in [0.4, 0.5) is 0 Å². The minimum Gasteiger partial charge on any atom is -0.493 e. The monoisotopic (exact) mass is 289 g/mol. The zero-order valence-corrected chi connectivity index (χ0v) is 13.1. The first kappa shape index (κ1) is 15.4. The Kier molecular flexibility index (Phi) is 5.22. The van der Waals surface area contributed by atoms with Crippen LogP contribution in [0.1, 0.15) is 23.7 Å². The van der Waals surface area contributed by atoms with Crippen molar-refractivity contribution in [3.8, 4) is 11.5 Å². The third-order valence-corrected chi connectivity index (χ3v) is 3.51. The molecule has 0 radical (unpaired) electrons. The number of rotatable bonds is 7. The van der Waals surface area contributed by atoms with Crippen LogP contribution in [0, 0.1) is 6.92 Å². The van der Waals surface area contributed by atoms with Crippen molar-refractivity contribution < 1.29 is 9.47 Å². The Labute approximate surface area is 125 Å². The lowest BCUT2D eigenvalue weighted by atomic mass is 10.2. The van der Waals surface area contributed by atoms with Gasteiger partial charge >= 0.3 is 0 Å². The van der Waals surface area contributed by atoms with E-state index >= 15 is 0 Å². The van der Waals surface area contributed by atoms with Gasteiger partial charge in [-0.1, -0.05) is 6.07 Å². The minimum atomic E-state index is 0.627. The molecule has 21 heavy (non-hydrogen) atoms. The van der Waals surface area contributed by atoms with E-state index in [0.717, 1.165) is 24.6 Å². The summed E-state index contributed by atoms with van der Waals surface area (Å²) in [5, 5.41) is 7.67. The van der Waals surface area contributed by atoms with E-state index in [9.17, 15) is 0 Å².